The summed E-state index contributed by atoms with van der Waals surface area (Å²) in [5.41, 5.74) is 4.61. The highest BCUT2D eigenvalue weighted by Gasteiger charge is 2.24. The number of piperazine rings is 1. The van der Waals surface area contributed by atoms with Gasteiger partial charge in [-0.3, -0.25) is 14.5 Å². The third kappa shape index (κ3) is 7.63. The van der Waals surface area contributed by atoms with Crippen LogP contribution in [0.2, 0.25) is 0 Å². The van der Waals surface area contributed by atoms with Crippen LogP contribution in [0.5, 0.6) is 0 Å². The molecule has 0 spiro atoms. The van der Waals surface area contributed by atoms with E-state index < -0.39 is 0 Å². The van der Waals surface area contributed by atoms with Crippen molar-refractivity contribution < 1.29 is 9.59 Å². The zero-order valence-electron chi connectivity index (χ0n) is 24.5. The molecule has 1 aliphatic heterocycles. The molecule has 5 rings (SSSR count). The highest BCUT2D eigenvalue weighted by molar-refractivity contribution is 7.09. The summed E-state index contributed by atoms with van der Waals surface area (Å²) in [6.45, 7) is 9.88. The van der Waals surface area contributed by atoms with Gasteiger partial charge in [-0.15, -0.1) is 11.3 Å². The SMILES string of the molecule is CCCN(Cc1cccn1Cc1nc(C(=O)N2CCN(CC=Cc3ccccc3)CC2)cs1)C(=O)c1ccc(C)cc1. The molecule has 2 amide bonds. The normalized spacial score (nSPS) is 14.0. The lowest BCUT2D eigenvalue weighted by Gasteiger charge is -2.33. The third-order valence-corrected chi connectivity index (χ3v) is 8.40. The van der Waals surface area contributed by atoms with Crippen molar-refractivity contribution in [3.05, 3.63) is 117 Å². The van der Waals surface area contributed by atoms with Crippen LogP contribution in [0.4, 0.5) is 0 Å². The summed E-state index contributed by atoms with van der Waals surface area (Å²) in [5.74, 6) is 0.0431. The maximum absolute atomic E-state index is 13.3. The van der Waals surface area contributed by atoms with Crippen LogP contribution in [0, 0.1) is 6.92 Å². The quantitative estimate of drug-likeness (QED) is 0.224. The van der Waals surface area contributed by atoms with Crippen LogP contribution in [-0.4, -0.2) is 75.3 Å². The lowest BCUT2D eigenvalue weighted by Crippen LogP contribution is -2.48. The van der Waals surface area contributed by atoms with Gasteiger partial charge in [-0.05, 0) is 43.2 Å². The van der Waals surface area contributed by atoms with Crippen LogP contribution in [0.1, 0.15) is 56.0 Å². The Kier molecular flexibility index (Phi) is 10.0. The van der Waals surface area contributed by atoms with Gasteiger partial charge >= 0.3 is 0 Å². The van der Waals surface area contributed by atoms with Gasteiger partial charge in [0.25, 0.3) is 11.8 Å². The lowest BCUT2D eigenvalue weighted by atomic mass is 10.1. The number of hydrogen-bond acceptors (Lipinski definition) is 5. The number of amides is 2. The lowest BCUT2D eigenvalue weighted by molar-refractivity contribution is 0.0644. The van der Waals surface area contributed by atoms with Gasteiger partial charge in [0, 0.05) is 62.1 Å². The topological polar surface area (TPSA) is 61.7 Å². The molecule has 1 fully saturated rings. The number of rotatable bonds is 11. The van der Waals surface area contributed by atoms with Gasteiger partial charge in [0.1, 0.15) is 10.7 Å². The predicted molar refractivity (Wildman–Crippen MR) is 170 cm³/mol. The summed E-state index contributed by atoms with van der Waals surface area (Å²) in [5, 5.41) is 2.76. The number of carbonyl (C=O) groups is 2. The van der Waals surface area contributed by atoms with Gasteiger partial charge in [0.05, 0.1) is 13.1 Å². The first-order chi connectivity index (χ1) is 20.5. The molecule has 0 atom stereocenters. The monoisotopic (exact) mass is 581 g/mol. The first kappa shape index (κ1) is 29.5. The van der Waals surface area contributed by atoms with Crippen LogP contribution in [0.3, 0.4) is 0 Å². The molecule has 7 nitrogen and oxygen atoms in total. The number of hydrogen-bond donors (Lipinski definition) is 0. The molecular formula is C34H39N5O2S. The molecule has 1 saturated heterocycles. The van der Waals surface area contributed by atoms with Gasteiger partial charge in [-0.25, -0.2) is 4.98 Å². The van der Waals surface area contributed by atoms with E-state index in [9.17, 15) is 9.59 Å². The number of benzene rings is 2. The fraction of sp³-hybridized carbons (Fsp3) is 0.324. The van der Waals surface area contributed by atoms with Crippen LogP contribution in [0.25, 0.3) is 6.08 Å². The molecular weight excluding hydrogens is 542 g/mol. The zero-order valence-corrected chi connectivity index (χ0v) is 25.3. The molecule has 2 aromatic heterocycles. The van der Waals surface area contributed by atoms with Crippen molar-refractivity contribution >= 4 is 29.2 Å². The summed E-state index contributed by atoms with van der Waals surface area (Å²) in [7, 11) is 0. The molecule has 0 aliphatic carbocycles. The van der Waals surface area contributed by atoms with Crippen LogP contribution in [-0.2, 0) is 13.1 Å². The molecule has 4 aromatic rings. The minimum atomic E-state index is 0.00234. The Morgan fingerprint density at radius 2 is 1.74 bits per heavy atom. The van der Waals surface area contributed by atoms with Crippen molar-refractivity contribution in [3.8, 4) is 0 Å². The van der Waals surface area contributed by atoms with E-state index in [1.165, 1.54) is 16.9 Å². The summed E-state index contributed by atoms with van der Waals surface area (Å²) in [6.07, 6.45) is 7.24. The van der Waals surface area contributed by atoms with Gasteiger partial charge in [-0.2, -0.15) is 0 Å². The fourth-order valence-corrected chi connectivity index (χ4v) is 5.93. The van der Waals surface area contributed by atoms with E-state index in [0.29, 0.717) is 44.0 Å². The second-order valence-electron chi connectivity index (χ2n) is 10.8. The van der Waals surface area contributed by atoms with E-state index in [1.54, 1.807) is 0 Å². The van der Waals surface area contributed by atoms with Crippen LogP contribution < -0.4 is 0 Å². The van der Waals surface area contributed by atoms with Crippen molar-refractivity contribution in [2.24, 2.45) is 0 Å². The van der Waals surface area contributed by atoms with E-state index in [0.717, 1.165) is 42.3 Å². The Bertz CT molecular complexity index is 1480. The van der Waals surface area contributed by atoms with Crippen molar-refractivity contribution in [1.82, 2.24) is 24.3 Å². The van der Waals surface area contributed by atoms with E-state index in [2.05, 4.69) is 46.7 Å². The Balaban J connectivity index is 1.15. The Labute approximate surface area is 252 Å². The highest BCUT2D eigenvalue weighted by Crippen LogP contribution is 2.18. The van der Waals surface area contributed by atoms with Crippen molar-refractivity contribution in [3.63, 3.8) is 0 Å². The van der Waals surface area contributed by atoms with Gasteiger partial charge in [-0.1, -0.05) is 67.1 Å². The number of aryl methyl sites for hydroxylation is 1. The number of thiazole rings is 1. The first-order valence-corrected chi connectivity index (χ1v) is 15.6. The second kappa shape index (κ2) is 14.2. The van der Waals surface area contributed by atoms with E-state index in [4.69, 9.17) is 4.98 Å². The smallest absolute Gasteiger partial charge is 0.273 e. The Morgan fingerprint density at radius 3 is 2.48 bits per heavy atom. The predicted octanol–water partition coefficient (Wildman–Crippen LogP) is 5.82. The highest BCUT2D eigenvalue weighted by atomic mass is 32.1. The molecule has 8 heteroatoms. The summed E-state index contributed by atoms with van der Waals surface area (Å²) >= 11 is 1.51. The minimum absolute atomic E-state index is 0.00234. The van der Waals surface area contributed by atoms with Crippen LogP contribution in [0.15, 0.2) is 84.4 Å². The molecule has 42 heavy (non-hydrogen) atoms. The average Bonchev–Trinajstić information content (AvgIpc) is 3.67. The molecule has 3 heterocycles. The Morgan fingerprint density at radius 1 is 0.976 bits per heavy atom. The van der Waals surface area contributed by atoms with Crippen LogP contribution >= 0.6 is 11.3 Å². The van der Waals surface area contributed by atoms with E-state index in [1.807, 2.05) is 76.8 Å². The number of carbonyl (C=O) groups excluding carboxylic acids is 2. The first-order valence-electron chi connectivity index (χ1n) is 14.7. The van der Waals surface area contributed by atoms with Crippen molar-refractivity contribution in [2.75, 3.05) is 39.3 Å². The van der Waals surface area contributed by atoms with Gasteiger partial charge in [0.2, 0.25) is 0 Å². The second-order valence-corrected chi connectivity index (χ2v) is 11.7. The summed E-state index contributed by atoms with van der Waals surface area (Å²) in [6, 6.07) is 22.1. The minimum Gasteiger partial charge on any atom is -0.343 e. The molecule has 0 radical (unpaired) electrons. The maximum atomic E-state index is 13.3. The third-order valence-electron chi connectivity index (χ3n) is 7.57. The Hall–Kier alpha value is -4.01. The zero-order chi connectivity index (χ0) is 29.3. The standard InChI is InChI=1S/C34H39N5O2S/c1-3-17-39(33(40)29-15-13-27(2)14-16-29)24-30-12-8-19-38(30)25-32-35-31(26-42-32)34(41)37-22-20-36(21-23-37)18-7-11-28-9-5-4-6-10-28/h4-16,19,26H,3,17-18,20-25H2,1-2H3. The number of nitrogens with zero attached hydrogens (tertiary/aromatic N) is 5. The summed E-state index contributed by atoms with van der Waals surface area (Å²) < 4.78 is 2.12. The fourth-order valence-electron chi connectivity index (χ4n) is 5.17. The largest absolute Gasteiger partial charge is 0.343 e. The van der Waals surface area contributed by atoms with Gasteiger partial charge < -0.3 is 14.4 Å². The maximum Gasteiger partial charge on any atom is 0.273 e. The molecule has 0 saturated carbocycles. The van der Waals surface area contributed by atoms with Crippen molar-refractivity contribution in [1.29, 1.82) is 0 Å². The molecule has 0 N–H and O–H groups in total. The van der Waals surface area contributed by atoms with E-state index >= 15 is 0 Å². The molecule has 218 valence electrons. The number of aromatic nitrogens is 2. The van der Waals surface area contributed by atoms with Crippen molar-refractivity contribution in [2.45, 2.75) is 33.4 Å². The molecule has 0 unspecified atom stereocenters. The molecule has 1 aliphatic rings. The van der Waals surface area contributed by atoms with E-state index in [-0.39, 0.29) is 11.8 Å². The van der Waals surface area contributed by atoms with Gasteiger partial charge in [0.15, 0.2) is 0 Å². The summed E-state index contributed by atoms with van der Waals surface area (Å²) in [4.78, 5) is 37.4. The average molecular weight is 582 g/mol. The molecule has 0 bridgehead atoms. The molecule has 2 aromatic carbocycles.